The molecule has 102 valence electrons. The summed E-state index contributed by atoms with van der Waals surface area (Å²) >= 11 is 0. The van der Waals surface area contributed by atoms with Crippen LogP contribution in [0.3, 0.4) is 0 Å². The molecule has 18 heavy (non-hydrogen) atoms. The third-order valence-electron chi connectivity index (χ3n) is 4.63. The topological polar surface area (TPSA) is 61.8 Å². The molecular formula is C14H25N3O. The summed E-state index contributed by atoms with van der Waals surface area (Å²) in [7, 11) is 0. The molecule has 4 nitrogen and oxygen atoms in total. The van der Waals surface area contributed by atoms with Crippen LogP contribution < -0.4 is 5.73 Å². The molecule has 0 aromatic rings. The predicted molar refractivity (Wildman–Crippen MR) is 71.6 cm³/mol. The maximum absolute atomic E-state index is 8.72. The molecule has 0 aromatic heterocycles. The van der Waals surface area contributed by atoms with Gasteiger partial charge in [-0.15, -0.1) is 0 Å². The van der Waals surface area contributed by atoms with E-state index in [9.17, 15) is 0 Å². The van der Waals surface area contributed by atoms with Crippen LogP contribution in [0.15, 0.2) is 5.16 Å². The van der Waals surface area contributed by atoms with E-state index in [0.29, 0.717) is 11.3 Å². The second kappa shape index (κ2) is 4.72. The smallest absolute Gasteiger partial charge is 0.139 e. The van der Waals surface area contributed by atoms with Crippen molar-refractivity contribution in [3.05, 3.63) is 0 Å². The summed E-state index contributed by atoms with van der Waals surface area (Å²) in [5.74, 6) is 2.33. The molecule has 3 N–H and O–H groups in total. The van der Waals surface area contributed by atoms with Crippen LogP contribution in [0.1, 0.15) is 44.9 Å². The van der Waals surface area contributed by atoms with E-state index in [1.807, 2.05) is 0 Å². The molecule has 3 saturated carbocycles. The number of oxime groups is 1. The molecule has 0 amide bonds. The first kappa shape index (κ1) is 12.3. The molecule has 4 heteroatoms. The second-order valence-electron chi connectivity index (χ2n) is 6.85. The number of nitrogens with two attached hydrogens (primary N) is 1. The summed E-state index contributed by atoms with van der Waals surface area (Å²) in [5.41, 5.74) is 6.02. The van der Waals surface area contributed by atoms with Crippen molar-refractivity contribution in [3.8, 4) is 0 Å². The molecule has 3 aliphatic carbocycles. The molecule has 3 fully saturated rings. The van der Waals surface area contributed by atoms with Gasteiger partial charge < -0.3 is 15.8 Å². The van der Waals surface area contributed by atoms with Crippen LogP contribution in [0.2, 0.25) is 0 Å². The van der Waals surface area contributed by atoms with Gasteiger partial charge in [0.05, 0.1) is 0 Å². The summed E-state index contributed by atoms with van der Waals surface area (Å²) in [6.07, 6.45) is 8.96. The van der Waals surface area contributed by atoms with Crippen LogP contribution >= 0.6 is 0 Å². The standard InChI is InChI=1S/C14H25N3O/c15-13(16-18)7-14(5-6-14)10-17(8-11-1-2-11)9-12-3-4-12/h11-12,18H,1-10H2,(H2,15,16). The second-order valence-corrected chi connectivity index (χ2v) is 6.85. The maximum Gasteiger partial charge on any atom is 0.139 e. The van der Waals surface area contributed by atoms with Gasteiger partial charge in [-0.1, -0.05) is 5.16 Å². The van der Waals surface area contributed by atoms with E-state index in [2.05, 4.69) is 10.1 Å². The Morgan fingerprint density at radius 3 is 2.11 bits per heavy atom. The SMILES string of the molecule is NC(CC1(CN(CC2CC2)CC2CC2)CC1)=NO. The highest BCUT2D eigenvalue weighted by atomic mass is 16.4. The Kier molecular flexibility index (Phi) is 3.22. The quantitative estimate of drug-likeness (QED) is 0.300. The molecule has 3 aliphatic rings. The summed E-state index contributed by atoms with van der Waals surface area (Å²) in [6, 6.07) is 0. The number of rotatable bonds is 8. The lowest BCUT2D eigenvalue weighted by Crippen LogP contribution is -2.35. The van der Waals surface area contributed by atoms with Crippen LogP contribution in [0.4, 0.5) is 0 Å². The Hall–Kier alpha value is -0.770. The highest BCUT2D eigenvalue weighted by Gasteiger charge is 2.45. The molecular weight excluding hydrogens is 226 g/mol. The van der Waals surface area contributed by atoms with Gasteiger partial charge in [-0.25, -0.2) is 0 Å². The van der Waals surface area contributed by atoms with E-state index >= 15 is 0 Å². The fourth-order valence-electron chi connectivity index (χ4n) is 3.00. The first-order valence-electron chi connectivity index (χ1n) is 7.38. The first-order valence-corrected chi connectivity index (χ1v) is 7.38. The molecule has 0 spiro atoms. The Morgan fingerprint density at radius 2 is 1.72 bits per heavy atom. The van der Waals surface area contributed by atoms with Crippen LogP contribution in [0.25, 0.3) is 0 Å². The lowest BCUT2D eigenvalue weighted by atomic mass is 10.0. The lowest BCUT2D eigenvalue weighted by Gasteiger charge is -2.27. The van der Waals surface area contributed by atoms with Gasteiger partial charge in [0.15, 0.2) is 0 Å². The maximum atomic E-state index is 8.72. The van der Waals surface area contributed by atoms with Crippen LogP contribution in [0, 0.1) is 17.3 Å². The van der Waals surface area contributed by atoms with Gasteiger partial charge in [-0.05, 0) is 55.8 Å². The van der Waals surface area contributed by atoms with Crippen molar-refractivity contribution in [1.82, 2.24) is 4.90 Å². The molecule has 0 bridgehead atoms. The molecule has 0 atom stereocenters. The van der Waals surface area contributed by atoms with E-state index in [-0.39, 0.29) is 0 Å². The van der Waals surface area contributed by atoms with Crippen molar-refractivity contribution >= 4 is 5.84 Å². The number of nitrogens with zero attached hydrogens (tertiary/aromatic N) is 2. The molecule has 0 unspecified atom stereocenters. The van der Waals surface area contributed by atoms with Gasteiger partial charge in [0.1, 0.15) is 5.84 Å². The van der Waals surface area contributed by atoms with E-state index in [1.165, 1.54) is 51.6 Å². The van der Waals surface area contributed by atoms with Crippen LogP contribution in [-0.4, -0.2) is 35.6 Å². The monoisotopic (exact) mass is 251 g/mol. The van der Waals surface area contributed by atoms with E-state index < -0.39 is 0 Å². The summed E-state index contributed by atoms with van der Waals surface area (Å²) < 4.78 is 0. The highest BCUT2D eigenvalue weighted by Crippen LogP contribution is 2.50. The minimum atomic E-state index is 0.333. The van der Waals surface area contributed by atoms with E-state index in [4.69, 9.17) is 10.9 Å². The zero-order valence-corrected chi connectivity index (χ0v) is 11.1. The van der Waals surface area contributed by atoms with Crippen LogP contribution in [-0.2, 0) is 0 Å². The van der Waals surface area contributed by atoms with Gasteiger partial charge >= 0.3 is 0 Å². The van der Waals surface area contributed by atoms with Crippen molar-refractivity contribution in [3.63, 3.8) is 0 Å². The Morgan fingerprint density at radius 1 is 1.17 bits per heavy atom. The van der Waals surface area contributed by atoms with Gasteiger partial charge in [0, 0.05) is 26.1 Å². The van der Waals surface area contributed by atoms with Crippen LogP contribution in [0.5, 0.6) is 0 Å². The molecule has 0 aliphatic heterocycles. The molecule has 0 heterocycles. The van der Waals surface area contributed by atoms with Crippen molar-refractivity contribution in [2.24, 2.45) is 28.1 Å². The Bertz CT molecular complexity index is 316. The van der Waals surface area contributed by atoms with Crippen molar-refractivity contribution in [2.75, 3.05) is 19.6 Å². The minimum absolute atomic E-state index is 0.333. The van der Waals surface area contributed by atoms with Crippen molar-refractivity contribution in [2.45, 2.75) is 44.9 Å². The third-order valence-corrected chi connectivity index (χ3v) is 4.63. The first-order chi connectivity index (χ1) is 8.69. The average Bonchev–Trinajstić information content (AvgIpc) is 3.15. The molecule has 0 saturated heterocycles. The van der Waals surface area contributed by atoms with Gasteiger partial charge in [-0.3, -0.25) is 0 Å². The van der Waals surface area contributed by atoms with Crippen molar-refractivity contribution < 1.29 is 5.21 Å². The number of amidine groups is 1. The summed E-state index contributed by atoms with van der Waals surface area (Å²) in [6.45, 7) is 3.74. The predicted octanol–water partition coefficient (Wildman–Crippen LogP) is 2.03. The Labute approximate surface area is 109 Å². The summed E-state index contributed by atoms with van der Waals surface area (Å²) in [4.78, 5) is 2.67. The normalized spacial score (nSPS) is 26.6. The van der Waals surface area contributed by atoms with E-state index in [1.54, 1.807) is 0 Å². The lowest BCUT2D eigenvalue weighted by molar-refractivity contribution is 0.204. The van der Waals surface area contributed by atoms with Crippen molar-refractivity contribution in [1.29, 1.82) is 0 Å². The largest absolute Gasteiger partial charge is 0.409 e. The van der Waals surface area contributed by atoms with Gasteiger partial charge in [0.25, 0.3) is 0 Å². The number of hydrogen-bond acceptors (Lipinski definition) is 3. The minimum Gasteiger partial charge on any atom is -0.409 e. The third kappa shape index (κ3) is 3.37. The Balaban J connectivity index is 1.53. The zero-order chi connectivity index (χ0) is 12.6. The fourth-order valence-corrected chi connectivity index (χ4v) is 3.00. The molecule has 0 aromatic carbocycles. The van der Waals surface area contributed by atoms with E-state index in [0.717, 1.165) is 24.8 Å². The zero-order valence-electron chi connectivity index (χ0n) is 11.1. The van der Waals surface area contributed by atoms with Gasteiger partial charge in [0.2, 0.25) is 0 Å². The number of hydrogen-bond donors (Lipinski definition) is 2. The van der Waals surface area contributed by atoms with Gasteiger partial charge in [-0.2, -0.15) is 0 Å². The summed E-state index contributed by atoms with van der Waals surface area (Å²) in [5, 5.41) is 11.9. The highest BCUT2D eigenvalue weighted by molar-refractivity contribution is 5.80. The molecule has 0 radical (unpaired) electrons. The molecule has 3 rings (SSSR count). The fraction of sp³-hybridized carbons (Fsp3) is 0.929. The average molecular weight is 251 g/mol.